The van der Waals surface area contributed by atoms with Crippen molar-refractivity contribution in [3.05, 3.63) is 29.8 Å². The first-order valence-electron chi connectivity index (χ1n) is 8.60. The summed E-state index contributed by atoms with van der Waals surface area (Å²) < 4.78 is 31.7. The number of carbonyl (C=O) groups is 1. The highest BCUT2D eigenvalue weighted by molar-refractivity contribution is 7.89. The second-order valence-corrected chi connectivity index (χ2v) is 7.94. The van der Waals surface area contributed by atoms with E-state index < -0.39 is 10.0 Å². The van der Waals surface area contributed by atoms with Gasteiger partial charge in [0.2, 0.25) is 10.0 Å². The van der Waals surface area contributed by atoms with Crippen LogP contribution in [-0.2, 0) is 14.8 Å². The van der Waals surface area contributed by atoms with Gasteiger partial charge in [-0.3, -0.25) is 4.79 Å². The summed E-state index contributed by atoms with van der Waals surface area (Å²) in [6.45, 7) is 3.13. The quantitative estimate of drug-likeness (QED) is 0.535. The van der Waals surface area contributed by atoms with Crippen LogP contribution in [0.15, 0.2) is 29.2 Å². The summed E-state index contributed by atoms with van der Waals surface area (Å²) in [6.07, 6.45) is 3.29. The Labute approximate surface area is 161 Å². The molecule has 9 heteroatoms. The number of benzene rings is 1. The molecule has 0 saturated carbocycles. The second-order valence-electron chi connectivity index (χ2n) is 6.18. The maximum absolute atomic E-state index is 12.3. The maximum atomic E-state index is 12.3. The van der Waals surface area contributed by atoms with Crippen LogP contribution in [0.3, 0.4) is 0 Å². The number of halogens is 1. The van der Waals surface area contributed by atoms with Crippen molar-refractivity contribution < 1.29 is 17.9 Å². The number of piperidine rings is 1. The molecule has 0 aliphatic carbocycles. The normalized spacial score (nSPS) is 17.3. The number of sulfonamides is 1. The highest BCUT2D eigenvalue weighted by Gasteiger charge is 2.16. The van der Waals surface area contributed by atoms with E-state index in [0.29, 0.717) is 18.0 Å². The van der Waals surface area contributed by atoms with Gasteiger partial charge in [0.1, 0.15) is 0 Å². The van der Waals surface area contributed by atoms with E-state index in [2.05, 4.69) is 15.4 Å². The Bertz CT molecular complexity index is 664. The van der Waals surface area contributed by atoms with Gasteiger partial charge in [0.05, 0.1) is 11.5 Å². The van der Waals surface area contributed by atoms with E-state index in [1.165, 1.54) is 32.1 Å². The number of methoxy groups -OCH3 is 1. The molecule has 1 unspecified atom stereocenters. The predicted molar refractivity (Wildman–Crippen MR) is 103 cm³/mol. The van der Waals surface area contributed by atoms with Crippen molar-refractivity contribution in [2.75, 3.05) is 39.9 Å². The molecule has 1 aromatic rings. The number of amides is 1. The Kier molecular flexibility index (Phi) is 10.1. The van der Waals surface area contributed by atoms with Crippen LogP contribution in [-0.4, -0.2) is 54.2 Å². The summed E-state index contributed by atoms with van der Waals surface area (Å²) in [7, 11) is -2.14. The minimum absolute atomic E-state index is 0. The van der Waals surface area contributed by atoms with Crippen molar-refractivity contribution in [1.82, 2.24) is 15.4 Å². The first-order valence-corrected chi connectivity index (χ1v) is 10.1. The molecule has 148 valence electrons. The lowest BCUT2D eigenvalue weighted by Gasteiger charge is -2.22. The molecule has 7 nitrogen and oxygen atoms in total. The zero-order chi connectivity index (χ0) is 18.1. The fourth-order valence-electron chi connectivity index (χ4n) is 2.83. The van der Waals surface area contributed by atoms with Gasteiger partial charge < -0.3 is 15.4 Å². The summed E-state index contributed by atoms with van der Waals surface area (Å²) in [5, 5.41) is 6.23. The Hall–Kier alpha value is -1.19. The third-order valence-corrected chi connectivity index (χ3v) is 5.70. The van der Waals surface area contributed by atoms with Gasteiger partial charge in [-0.25, -0.2) is 13.1 Å². The monoisotopic (exact) mass is 405 g/mol. The minimum Gasteiger partial charge on any atom is -0.383 e. The zero-order valence-corrected chi connectivity index (χ0v) is 16.6. The molecular formula is C17H28ClN3O4S. The third kappa shape index (κ3) is 7.20. The van der Waals surface area contributed by atoms with E-state index in [0.717, 1.165) is 19.5 Å². The van der Waals surface area contributed by atoms with Crippen molar-refractivity contribution in [2.24, 2.45) is 5.92 Å². The highest BCUT2D eigenvalue weighted by atomic mass is 35.5. The van der Waals surface area contributed by atoms with Gasteiger partial charge in [-0.05, 0) is 56.5 Å². The van der Waals surface area contributed by atoms with E-state index in [4.69, 9.17) is 4.74 Å². The second kappa shape index (κ2) is 11.5. The van der Waals surface area contributed by atoms with Gasteiger partial charge in [-0.2, -0.15) is 0 Å². The van der Waals surface area contributed by atoms with Gasteiger partial charge in [0.25, 0.3) is 5.91 Å². The van der Waals surface area contributed by atoms with Crippen LogP contribution in [0.4, 0.5) is 0 Å². The molecule has 3 N–H and O–H groups in total. The number of hydrogen-bond donors (Lipinski definition) is 3. The van der Waals surface area contributed by atoms with Gasteiger partial charge in [0.15, 0.2) is 0 Å². The summed E-state index contributed by atoms with van der Waals surface area (Å²) >= 11 is 0. The van der Waals surface area contributed by atoms with Gasteiger partial charge in [-0.1, -0.05) is 6.07 Å². The molecule has 2 rings (SSSR count). The molecule has 1 saturated heterocycles. The van der Waals surface area contributed by atoms with Crippen molar-refractivity contribution >= 4 is 28.3 Å². The van der Waals surface area contributed by atoms with Crippen LogP contribution in [0.5, 0.6) is 0 Å². The van der Waals surface area contributed by atoms with Crippen molar-refractivity contribution in [3.63, 3.8) is 0 Å². The first kappa shape index (κ1) is 22.9. The zero-order valence-electron chi connectivity index (χ0n) is 15.0. The Morgan fingerprint density at radius 3 is 2.85 bits per heavy atom. The van der Waals surface area contributed by atoms with Crippen LogP contribution < -0.4 is 15.4 Å². The number of nitrogens with one attached hydrogen (secondary N) is 3. The van der Waals surface area contributed by atoms with Crippen LogP contribution in [0.2, 0.25) is 0 Å². The van der Waals surface area contributed by atoms with E-state index >= 15 is 0 Å². The fourth-order valence-corrected chi connectivity index (χ4v) is 3.89. The van der Waals surface area contributed by atoms with Crippen LogP contribution >= 0.6 is 12.4 Å². The molecule has 1 aromatic carbocycles. The van der Waals surface area contributed by atoms with E-state index in [1.807, 2.05) is 0 Å². The van der Waals surface area contributed by atoms with Crippen molar-refractivity contribution in [2.45, 2.75) is 24.2 Å². The van der Waals surface area contributed by atoms with Crippen molar-refractivity contribution in [3.8, 4) is 0 Å². The van der Waals surface area contributed by atoms with E-state index in [9.17, 15) is 13.2 Å². The molecule has 1 fully saturated rings. The van der Waals surface area contributed by atoms with Crippen LogP contribution in [0, 0.1) is 5.92 Å². The van der Waals surface area contributed by atoms with Crippen LogP contribution in [0.25, 0.3) is 0 Å². The van der Waals surface area contributed by atoms with Crippen molar-refractivity contribution in [1.29, 1.82) is 0 Å². The molecule has 1 amide bonds. The summed E-state index contributed by atoms with van der Waals surface area (Å²) in [5.74, 6) is 0.337. The molecule has 1 aliphatic heterocycles. The van der Waals surface area contributed by atoms with Gasteiger partial charge >= 0.3 is 0 Å². The molecule has 0 bridgehead atoms. The summed E-state index contributed by atoms with van der Waals surface area (Å²) in [4.78, 5) is 12.3. The summed E-state index contributed by atoms with van der Waals surface area (Å²) in [5.41, 5.74) is 0.344. The molecule has 0 spiro atoms. The van der Waals surface area contributed by atoms with Gasteiger partial charge in [0, 0.05) is 25.8 Å². The molecule has 1 atom stereocenters. The Balaban J connectivity index is 0.00000338. The minimum atomic E-state index is -3.64. The predicted octanol–water partition coefficient (Wildman–Crippen LogP) is 1.15. The summed E-state index contributed by atoms with van der Waals surface area (Å²) in [6, 6.07) is 6.06. The molecule has 1 heterocycles. The molecule has 0 radical (unpaired) electrons. The average Bonchev–Trinajstić information content (AvgIpc) is 2.63. The van der Waals surface area contributed by atoms with E-state index in [-0.39, 0.29) is 36.4 Å². The Morgan fingerprint density at radius 2 is 2.15 bits per heavy atom. The molecule has 1 aliphatic rings. The van der Waals surface area contributed by atoms with Gasteiger partial charge in [-0.15, -0.1) is 12.4 Å². The number of rotatable bonds is 9. The largest absolute Gasteiger partial charge is 0.383 e. The lowest BCUT2D eigenvalue weighted by Crippen LogP contribution is -2.33. The molecular weight excluding hydrogens is 378 g/mol. The van der Waals surface area contributed by atoms with E-state index in [1.54, 1.807) is 12.1 Å². The smallest absolute Gasteiger partial charge is 0.251 e. The topological polar surface area (TPSA) is 96.5 Å². The first-order chi connectivity index (χ1) is 12.0. The number of carbonyl (C=O) groups excluding carboxylic acids is 1. The SMILES string of the molecule is COCCNS(=O)(=O)c1cccc(C(=O)NCCC2CCCNC2)c1.Cl. The third-order valence-electron chi connectivity index (χ3n) is 4.24. The number of hydrogen-bond acceptors (Lipinski definition) is 5. The standard InChI is InChI=1S/C17H27N3O4S.ClH/c1-24-11-10-20-25(22,23)16-6-2-5-15(12-16)17(21)19-9-7-14-4-3-8-18-13-14;/h2,5-6,12,14,18,20H,3-4,7-11,13H2,1H3,(H,19,21);1H. The molecule has 0 aromatic heterocycles. The lowest BCUT2D eigenvalue weighted by molar-refractivity contribution is 0.0950. The maximum Gasteiger partial charge on any atom is 0.251 e. The molecule has 26 heavy (non-hydrogen) atoms. The average molecular weight is 406 g/mol. The highest BCUT2D eigenvalue weighted by Crippen LogP contribution is 2.14. The van der Waals surface area contributed by atoms with Crippen LogP contribution in [0.1, 0.15) is 29.6 Å². The Morgan fingerprint density at radius 1 is 1.35 bits per heavy atom. The fraction of sp³-hybridized carbons (Fsp3) is 0.588. The number of ether oxygens (including phenoxy) is 1. The lowest BCUT2D eigenvalue weighted by atomic mass is 9.96.